The quantitative estimate of drug-likeness (QED) is 0.798. The van der Waals surface area contributed by atoms with Crippen LogP contribution in [0.2, 0.25) is 0 Å². The van der Waals surface area contributed by atoms with Crippen LogP contribution in [0.5, 0.6) is 0 Å². The summed E-state index contributed by atoms with van der Waals surface area (Å²) in [5.74, 6) is 0. The molecular formula is C11H13F4N. The lowest BCUT2D eigenvalue weighted by atomic mass is 10.0. The van der Waals surface area contributed by atoms with Crippen molar-refractivity contribution in [2.24, 2.45) is 5.73 Å². The fraction of sp³-hybridized carbons (Fsp3) is 0.455. The molecule has 2 N–H and O–H groups in total. The minimum atomic E-state index is -4.44. The fourth-order valence-electron chi connectivity index (χ4n) is 1.45. The van der Waals surface area contributed by atoms with Crippen LogP contribution in [0.15, 0.2) is 18.2 Å². The number of hydrogen-bond donors (Lipinski definition) is 1. The predicted octanol–water partition coefficient (Wildman–Crippen LogP) is 3.37. The summed E-state index contributed by atoms with van der Waals surface area (Å²) in [5, 5.41) is 0. The number of nitrogens with two attached hydrogens (primary N) is 1. The second-order valence-electron chi connectivity index (χ2n) is 3.62. The van der Waals surface area contributed by atoms with Gasteiger partial charge in [0.25, 0.3) is 0 Å². The number of alkyl halides is 4. The summed E-state index contributed by atoms with van der Waals surface area (Å²) >= 11 is 0. The second kappa shape index (κ2) is 4.82. The molecule has 1 aromatic rings. The zero-order valence-corrected chi connectivity index (χ0v) is 8.81. The first-order chi connectivity index (χ1) is 7.36. The van der Waals surface area contributed by atoms with Gasteiger partial charge in [0, 0.05) is 0 Å². The molecule has 1 aromatic carbocycles. The van der Waals surface area contributed by atoms with E-state index in [0.717, 1.165) is 6.07 Å². The third-order valence-electron chi connectivity index (χ3n) is 2.35. The average molecular weight is 235 g/mol. The number of benzene rings is 1. The van der Waals surface area contributed by atoms with Gasteiger partial charge in [0.05, 0.1) is 5.56 Å². The maximum atomic E-state index is 13.4. The predicted molar refractivity (Wildman–Crippen MR) is 53.7 cm³/mol. The van der Waals surface area contributed by atoms with Gasteiger partial charge >= 0.3 is 6.18 Å². The van der Waals surface area contributed by atoms with E-state index in [4.69, 9.17) is 5.73 Å². The van der Waals surface area contributed by atoms with E-state index in [0.29, 0.717) is 0 Å². The van der Waals surface area contributed by atoms with Crippen molar-refractivity contribution in [3.8, 4) is 0 Å². The zero-order chi connectivity index (χ0) is 12.3. The van der Waals surface area contributed by atoms with Crippen LogP contribution in [-0.2, 0) is 6.18 Å². The molecule has 1 atom stereocenters. The Labute approximate surface area is 91.3 Å². The molecule has 90 valence electrons. The van der Waals surface area contributed by atoms with Gasteiger partial charge in [0.1, 0.15) is 6.17 Å². The highest BCUT2D eigenvalue weighted by Gasteiger charge is 2.32. The van der Waals surface area contributed by atoms with Crippen LogP contribution in [-0.4, -0.2) is 6.54 Å². The Morgan fingerprint density at radius 1 is 1.31 bits per heavy atom. The number of rotatable bonds is 3. The van der Waals surface area contributed by atoms with E-state index >= 15 is 0 Å². The molecule has 0 saturated carbocycles. The number of halogens is 4. The Balaban J connectivity index is 3.07. The third kappa shape index (κ3) is 2.95. The topological polar surface area (TPSA) is 26.0 Å². The van der Waals surface area contributed by atoms with Gasteiger partial charge in [-0.3, -0.25) is 0 Å². The summed E-state index contributed by atoms with van der Waals surface area (Å²) in [6.45, 7) is 1.46. The Morgan fingerprint density at radius 2 is 1.94 bits per heavy atom. The van der Waals surface area contributed by atoms with Crippen LogP contribution in [0.1, 0.15) is 29.3 Å². The second-order valence-corrected chi connectivity index (χ2v) is 3.62. The maximum absolute atomic E-state index is 13.4. The van der Waals surface area contributed by atoms with Crippen molar-refractivity contribution in [1.29, 1.82) is 0 Å². The SMILES string of the molecule is Cc1ccc(C(F)CCN)cc1C(F)(F)F. The molecule has 0 spiro atoms. The first-order valence-corrected chi connectivity index (χ1v) is 4.88. The van der Waals surface area contributed by atoms with E-state index in [1.807, 2.05) is 0 Å². The molecule has 0 aliphatic carbocycles. The fourth-order valence-corrected chi connectivity index (χ4v) is 1.45. The van der Waals surface area contributed by atoms with Gasteiger partial charge in [-0.25, -0.2) is 4.39 Å². The van der Waals surface area contributed by atoms with Gasteiger partial charge in [0.2, 0.25) is 0 Å². The minimum absolute atomic E-state index is 0.0281. The van der Waals surface area contributed by atoms with Crippen molar-refractivity contribution < 1.29 is 17.6 Å². The van der Waals surface area contributed by atoms with Gasteiger partial charge < -0.3 is 5.73 Å². The molecule has 0 amide bonds. The molecule has 0 fully saturated rings. The minimum Gasteiger partial charge on any atom is -0.330 e. The Kier molecular flexibility index (Phi) is 3.91. The third-order valence-corrected chi connectivity index (χ3v) is 2.35. The van der Waals surface area contributed by atoms with E-state index in [-0.39, 0.29) is 24.1 Å². The lowest BCUT2D eigenvalue weighted by Crippen LogP contribution is -2.09. The number of hydrogen-bond acceptors (Lipinski definition) is 1. The highest BCUT2D eigenvalue weighted by atomic mass is 19.4. The molecule has 0 saturated heterocycles. The highest BCUT2D eigenvalue weighted by Crippen LogP contribution is 2.34. The average Bonchev–Trinajstić information content (AvgIpc) is 2.16. The molecule has 0 radical (unpaired) electrons. The van der Waals surface area contributed by atoms with Gasteiger partial charge in [0.15, 0.2) is 0 Å². The monoisotopic (exact) mass is 235 g/mol. The summed E-state index contributed by atoms with van der Waals surface area (Å²) in [4.78, 5) is 0. The van der Waals surface area contributed by atoms with Gasteiger partial charge in [-0.05, 0) is 37.1 Å². The van der Waals surface area contributed by atoms with E-state index < -0.39 is 17.9 Å². The molecule has 0 aliphatic heterocycles. The molecule has 5 heteroatoms. The molecule has 0 aliphatic rings. The molecule has 1 unspecified atom stereocenters. The summed E-state index contributed by atoms with van der Waals surface area (Å²) < 4.78 is 51.0. The van der Waals surface area contributed by atoms with E-state index in [2.05, 4.69) is 0 Å². The standard InChI is InChI=1S/C11H13F4N/c1-7-2-3-8(10(12)4-5-16)6-9(7)11(13,14)15/h2-3,6,10H,4-5,16H2,1H3. The van der Waals surface area contributed by atoms with Crippen molar-refractivity contribution in [1.82, 2.24) is 0 Å². The normalized spacial score (nSPS) is 13.9. The largest absolute Gasteiger partial charge is 0.416 e. The lowest BCUT2D eigenvalue weighted by molar-refractivity contribution is -0.138. The summed E-state index contributed by atoms with van der Waals surface area (Å²) in [7, 11) is 0. The molecule has 0 aromatic heterocycles. The van der Waals surface area contributed by atoms with Crippen molar-refractivity contribution in [3.63, 3.8) is 0 Å². The van der Waals surface area contributed by atoms with Crippen molar-refractivity contribution in [2.75, 3.05) is 6.54 Å². The van der Waals surface area contributed by atoms with Crippen molar-refractivity contribution >= 4 is 0 Å². The van der Waals surface area contributed by atoms with E-state index in [9.17, 15) is 17.6 Å². The van der Waals surface area contributed by atoms with Crippen LogP contribution in [0, 0.1) is 6.92 Å². The highest BCUT2D eigenvalue weighted by molar-refractivity contribution is 5.34. The first kappa shape index (κ1) is 13.0. The van der Waals surface area contributed by atoms with Crippen LogP contribution in [0.25, 0.3) is 0 Å². The molecule has 1 nitrogen and oxygen atoms in total. The van der Waals surface area contributed by atoms with Crippen LogP contribution >= 0.6 is 0 Å². The Hall–Kier alpha value is -1.10. The van der Waals surface area contributed by atoms with Crippen molar-refractivity contribution in [2.45, 2.75) is 25.7 Å². The van der Waals surface area contributed by atoms with Crippen LogP contribution in [0.4, 0.5) is 17.6 Å². The van der Waals surface area contributed by atoms with Crippen LogP contribution in [0.3, 0.4) is 0 Å². The molecule has 0 bridgehead atoms. The molecule has 0 heterocycles. The van der Waals surface area contributed by atoms with Crippen LogP contribution < -0.4 is 5.73 Å². The van der Waals surface area contributed by atoms with Crippen molar-refractivity contribution in [3.05, 3.63) is 34.9 Å². The van der Waals surface area contributed by atoms with Gasteiger partial charge in [-0.2, -0.15) is 13.2 Å². The Bertz CT molecular complexity index is 359. The lowest BCUT2D eigenvalue weighted by Gasteiger charge is -2.13. The number of aryl methyl sites for hydroxylation is 1. The van der Waals surface area contributed by atoms with E-state index in [1.54, 1.807) is 0 Å². The Morgan fingerprint density at radius 3 is 2.44 bits per heavy atom. The zero-order valence-electron chi connectivity index (χ0n) is 8.81. The first-order valence-electron chi connectivity index (χ1n) is 4.88. The van der Waals surface area contributed by atoms with E-state index in [1.165, 1.54) is 19.1 Å². The van der Waals surface area contributed by atoms with Gasteiger partial charge in [-0.15, -0.1) is 0 Å². The molecular weight excluding hydrogens is 222 g/mol. The maximum Gasteiger partial charge on any atom is 0.416 e. The molecule has 16 heavy (non-hydrogen) atoms. The molecule has 1 rings (SSSR count). The smallest absolute Gasteiger partial charge is 0.330 e. The summed E-state index contributed by atoms with van der Waals surface area (Å²) in [6.07, 6.45) is -5.85. The van der Waals surface area contributed by atoms with Gasteiger partial charge in [-0.1, -0.05) is 12.1 Å². The summed E-state index contributed by atoms with van der Waals surface area (Å²) in [6, 6.07) is 3.50. The summed E-state index contributed by atoms with van der Waals surface area (Å²) in [5.41, 5.74) is 4.50.